The summed E-state index contributed by atoms with van der Waals surface area (Å²) in [5.41, 5.74) is 3.02. The first-order valence-corrected chi connectivity index (χ1v) is 6.49. The van der Waals surface area contributed by atoms with Crippen molar-refractivity contribution < 1.29 is 4.74 Å². The van der Waals surface area contributed by atoms with Gasteiger partial charge in [-0.15, -0.1) is 0 Å². The van der Waals surface area contributed by atoms with Crippen molar-refractivity contribution in [3.63, 3.8) is 0 Å². The van der Waals surface area contributed by atoms with Gasteiger partial charge in [0.25, 0.3) is 0 Å². The smallest absolute Gasteiger partial charge is 0.143 e. The Hall–Kier alpha value is -1.48. The first kappa shape index (κ1) is 11.6. The van der Waals surface area contributed by atoms with Gasteiger partial charge in [0.05, 0.1) is 12.6 Å². The van der Waals surface area contributed by atoms with E-state index in [0.717, 1.165) is 12.3 Å². The van der Waals surface area contributed by atoms with Crippen molar-refractivity contribution in [3.05, 3.63) is 30.0 Å². The van der Waals surface area contributed by atoms with Crippen LogP contribution in [-0.4, -0.2) is 25.3 Å². The first-order chi connectivity index (χ1) is 8.72. The number of hydrogen-bond acceptors (Lipinski definition) is 2. The molecule has 3 nitrogen and oxygen atoms in total. The van der Waals surface area contributed by atoms with Gasteiger partial charge < -0.3 is 14.6 Å². The molecule has 0 amide bonds. The van der Waals surface area contributed by atoms with Gasteiger partial charge in [-0.2, -0.15) is 0 Å². The second-order valence-electron chi connectivity index (χ2n) is 5.32. The molecule has 0 atom stereocenters. The van der Waals surface area contributed by atoms with E-state index in [4.69, 9.17) is 4.74 Å². The van der Waals surface area contributed by atoms with Gasteiger partial charge in [0, 0.05) is 30.6 Å². The fourth-order valence-electron chi connectivity index (χ4n) is 3.05. The van der Waals surface area contributed by atoms with Gasteiger partial charge in [0.1, 0.15) is 5.75 Å². The molecule has 1 heterocycles. The zero-order valence-electron chi connectivity index (χ0n) is 11.3. The molecule has 1 N–H and O–H groups in total. The second-order valence-corrected chi connectivity index (χ2v) is 5.32. The Morgan fingerprint density at radius 1 is 1.39 bits per heavy atom. The molecule has 0 spiro atoms. The highest BCUT2D eigenvalue weighted by Crippen LogP contribution is 2.51. The van der Waals surface area contributed by atoms with E-state index in [9.17, 15) is 0 Å². The minimum Gasteiger partial charge on any atom is -0.495 e. The van der Waals surface area contributed by atoms with Crippen molar-refractivity contribution in [2.24, 2.45) is 7.05 Å². The zero-order valence-corrected chi connectivity index (χ0v) is 11.3. The summed E-state index contributed by atoms with van der Waals surface area (Å²) in [4.78, 5) is 0. The third-order valence-corrected chi connectivity index (χ3v) is 4.12. The average Bonchev–Trinajstić information content (AvgIpc) is 3.08. The molecule has 18 heavy (non-hydrogen) atoms. The van der Waals surface area contributed by atoms with Crippen LogP contribution >= 0.6 is 0 Å². The van der Waals surface area contributed by atoms with Crippen LogP contribution in [0.5, 0.6) is 5.75 Å². The number of aromatic nitrogens is 1. The number of aryl methyl sites for hydroxylation is 1. The molecule has 0 radical (unpaired) electrons. The van der Waals surface area contributed by atoms with E-state index in [1.165, 1.54) is 29.3 Å². The quantitative estimate of drug-likeness (QED) is 0.894. The van der Waals surface area contributed by atoms with Crippen LogP contribution in [0.4, 0.5) is 0 Å². The van der Waals surface area contributed by atoms with Crippen LogP contribution in [0.2, 0.25) is 0 Å². The number of nitrogens with zero attached hydrogens (tertiary/aromatic N) is 1. The van der Waals surface area contributed by atoms with Crippen molar-refractivity contribution in [2.75, 3.05) is 20.7 Å². The normalized spacial score (nSPS) is 17.1. The number of hydrogen-bond donors (Lipinski definition) is 1. The molecule has 2 aromatic rings. The second kappa shape index (κ2) is 4.02. The van der Waals surface area contributed by atoms with E-state index in [2.05, 4.69) is 35.3 Å². The summed E-state index contributed by atoms with van der Waals surface area (Å²) in [5.74, 6) is 0.960. The monoisotopic (exact) mass is 244 g/mol. The van der Waals surface area contributed by atoms with Crippen LogP contribution in [0.25, 0.3) is 10.9 Å². The summed E-state index contributed by atoms with van der Waals surface area (Å²) < 4.78 is 7.67. The van der Waals surface area contributed by atoms with Gasteiger partial charge in [0.15, 0.2) is 0 Å². The Morgan fingerprint density at radius 2 is 2.17 bits per heavy atom. The summed E-state index contributed by atoms with van der Waals surface area (Å²) in [6.45, 7) is 1.06. The molecule has 1 aromatic carbocycles. The number of nitrogens with one attached hydrogen (secondary N) is 1. The summed E-state index contributed by atoms with van der Waals surface area (Å²) >= 11 is 0. The lowest BCUT2D eigenvalue weighted by Gasteiger charge is -2.13. The fourth-order valence-corrected chi connectivity index (χ4v) is 3.05. The van der Waals surface area contributed by atoms with Gasteiger partial charge in [-0.1, -0.05) is 12.1 Å². The van der Waals surface area contributed by atoms with Crippen LogP contribution in [0, 0.1) is 0 Å². The van der Waals surface area contributed by atoms with Gasteiger partial charge in [0.2, 0.25) is 0 Å². The Balaban J connectivity index is 2.20. The highest BCUT2D eigenvalue weighted by atomic mass is 16.5. The predicted molar refractivity (Wildman–Crippen MR) is 74.3 cm³/mol. The van der Waals surface area contributed by atoms with E-state index in [1.54, 1.807) is 7.11 Å². The molecule has 1 saturated carbocycles. The SMILES string of the molecule is CNCC1(c2cn(C)c3c(OC)cccc23)CC1. The lowest BCUT2D eigenvalue weighted by Crippen LogP contribution is -2.23. The molecule has 1 aliphatic carbocycles. The number of ether oxygens (including phenoxy) is 1. The third kappa shape index (κ3) is 1.54. The molecule has 1 aromatic heterocycles. The predicted octanol–water partition coefficient (Wildman–Crippen LogP) is 2.44. The van der Waals surface area contributed by atoms with E-state index in [0.29, 0.717) is 5.41 Å². The average molecular weight is 244 g/mol. The van der Waals surface area contributed by atoms with Gasteiger partial charge >= 0.3 is 0 Å². The number of benzene rings is 1. The van der Waals surface area contributed by atoms with E-state index >= 15 is 0 Å². The van der Waals surface area contributed by atoms with E-state index < -0.39 is 0 Å². The minimum atomic E-state index is 0.348. The van der Waals surface area contributed by atoms with Crippen LogP contribution in [0.1, 0.15) is 18.4 Å². The highest BCUT2D eigenvalue weighted by Gasteiger charge is 2.45. The molecule has 1 aliphatic rings. The largest absolute Gasteiger partial charge is 0.495 e. The molecule has 0 saturated heterocycles. The number of fused-ring (bicyclic) bond motifs is 1. The van der Waals surface area contributed by atoms with Crippen molar-refractivity contribution in [1.82, 2.24) is 9.88 Å². The van der Waals surface area contributed by atoms with Crippen molar-refractivity contribution >= 4 is 10.9 Å². The van der Waals surface area contributed by atoms with Crippen molar-refractivity contribution in [1.29, 1.82) is 0 Å². The standard InChI is InChI=1S/C15H20N2O/c1-16-10-15(7-8-15)12-9-17(2)14-11(12)5-4-6-13(14)18-3/h4-6,9,16H,7-8,10H2,1-3H3. The third-order valence-electron chi connectivity index (χ3n) is 4.12. The zero-order chi connectivity index (χ0) is 12.8. The molecule has 3 rings (SSSR count). The Kier molecular flexibility index (Phi) is 2.59. The van der Waals surface area contributed by atoms with Gasteiger partial charge in [-0.25, -0.2) is 0 Å². The summed E-state index contributed by atoms with van der Waals surface area (Å²) in [5, 5.41) is 4.67. The minimum absolute atomic E-state index is 0.348. The number of para-hydroxylation sites is 1. The first-order valence-electron chi connectivity index (χ1n) is 6.49. The maximum absolute atomic E-state index is 5.48. The Bertz CT molecular complexity index is 581. The maximum atomic E-state index is 5.48. The van der Waals surface area contributed by atoms with Crippen LogP contribution in [-0.2, 0) is 12.5 Å². The van der Waals surface area contributed by atoms with Crippen LogP contribution in [0.3, 0.4) is 0 Å². The summed E-state index contributed by atoms with van der Waals surface area (Å²) in [6.07, 6.45) is 4.84. The van der Waals surface area contributed by atoms with Gasteiger partial charge in [-0.05, 0) is 31.5 Å². The van der Waals surface area contributed by atoms with Crippen LogP contribution in [0.15, 0.2) is 24.4 Å². The Labute approximate surface area is 108 Å². The highest BCUT2D eigenvalue weighted by molar-refractivity contribution is 5.90. The molecule has 96 valence electrons. The van der Waals surface area contributed by atoms with Crippen molar-refractivity contribution in [2.45, 2.75) is 18.3 Å². The lowest BCUT2D eigenvalue weighted by molar-refractivity contribution is 0.418. The molecule has 0 aliphatic heterocycles. The molecule has 0 bridgehead atoms. The number of rotatable bonds is 4. The molecule has 3 heteroatoms. The van der Waals surface area contributed by atoms with Crippen LogP contribution < -0.4 is 10.1 Å². The Morgan fingerprint density at radius 3 is 2.78 bits per heavy atom. The van der Waals surface area contributed by atoms with E-state index in [1.807, 2.05) is 13.1 Å². The molecule has 0 unspecified atom stereocenters. The number of methoxy groups -OCH3 is 1. The summed E-state index contributed by atoms with van der Waals surface area (Å²) in [6, 6.07) is 6.33. The molecule has 1 fully saturated rings. The number of likely N-dealkylation sites (N-methyl/N-ethyl adjacent to an activating group) is 1. The summed E-state index contributed by atoms with van der Waals surface area (Å²) in [7, 11) is 5.87. The fraction of sp³-hybridized carbons (Fsp3) is 0.467. The maximum Gasteiger partial charge on any atom is 0.143 e. The van der Waals surface area contributed by atoms with E-state index in [-0.39, 0.29) is 0 Å². The van der Waals surface area contributed by atoms with Crippen molar-refractivity contribution in [3.8, 4) is 5.75 Å². The van der Waals surface area contributed by atoms with Gasteiger partial charge in [-0.3, -0.25) is 0 Å². The topological polar surface area (TPSA) is 26.2 Å². The molecular weight excluding hydrogens is 224 g/mol. The lowest BCUT2D eigenvalue weighted by atomic mass is 9.95. The molecular formula is C15H20N2O.